The van der Waals surface area contributed by atoms with Crippen LogP contribution in [0.25, 0.3) is 17.2 Å². The van der Waals surface area contributed by atoms with Crippen molar-refractivity contribution in [2.24, 2.45) is 0 Å². The Bertz CT molecular complexity index is 773. The van der Waals surface area contributed by atoms with Gasteiger partial charge in [-0.3, -0.25) is 4.98 Å². The monoisotopic (exact) mass is 280 g/mol. The van der Waals surface area contributed by atoms with Crippen LogP contribution >= 0.6 is 0 Å². The molecule has 0 spiro atoms. The summed E-state index contributed by atoms with van der Waals surface area (Å²) in [5.41, 5.74) is 1.88. The zero-order valence-electron chi connectivity index (χ0n) is 11.9. The highest BCUT2D eigenvalue weighted by Crippen LogP contribution is 2.23. The summed E-state index contributed by atoms with van der Waals surface area (Å²) in [6.45, 7) is 4.14. The normalized spacial score (nSPS) is 15.0. The number of nitrogens with zero attached hydrogens (tertiary/aromatic N) is 6. The SMILES string of the molecule is Cc1cc(N2CCCC2)n2nc(-c3cccnc3)nc2n1. The van der Waals surface area contributed by atoms with Crippen molar-refractivity contribution in [1.29, 1.82) is 0 Å². The lowest BCUT2D eigenvalue weighted by Gasteiger charge is -2.18. The minimum atomic E-state index is 0.649. The molecule has 1 aliphatic heterocycles. The van der Waals surface area contributed by atoms with Crippen LogP contribution in [0.1, 0.15) is 18.5 Å². The van der Waals surface area contributed by atoms with E-state index >= 15 is 0 Å². The second-order valence-corrected chi connectivity index (χ2v) is 5.34. The summed E-state index contributed by atoms with van der Waals surface area (Å²) in [7, 11) is 0. The maximum absolute atomic E-state index is 4.63. The number of anilines is 1. The van der Waals surface area contributed by atoms with Gasteiger partial charge >= 0.3 is 0 Å². The summed E-state index contributed by atoms with van der Waals surface area (Å²) in [6.07, 6.45) is 5.98. The van der Waals surface area contributed by atoms with Crippen LogP contribution in [0, 0.1) is 6.92 Å². The number of hydrogen-bond acceptors (Lipinski definition) is 5. The van der Waals surface area contributed by atoms with E-state index in [-0.39, 0.29) is 0 Å². The van der Waals surface area contributed by atoms with Gasteiger partial charge in [0.2, 0.25) is 0 Å². The molecule has 4 rings (SSSR count). The Morgan fingerprint density at radius 3 is 2.76 bits per heavy atom. The van der Waals surface area contributed by atoms with Gasteiger partial charge < -0.3 is 4.90 Å². The van der Waals surface area contributed by atoms with Gasteiger partial charge in [-0.2, -0.15) is 9.50 Å². The zero-order valence-corrected chi connectivity index (χ0v) is 11.9. The fourth-order valence-corrected chi connectivity index (χ4v) is 2.76. The molecule has 0 bridgehead atoms. The van der Waals surface area contributed by atoms with Crippen LogP contribution in [0.2, 0.25) is 0 Å². The van der Waals surface area contributed by atoms with Gasteiger partial charge in [0, 0.05) is 42.8 Å². The highest BCUT2D eigenvalue weighted by molar-refractivity contribution is 5.58. The van der Waals surface area contributed by atoms with Crippen LogP contribution in [0.3, 0.4) is 0 Å². The average Bonchev–Trinajstić information content (AvgIpc) is 3.16. The fraction of sp³-hybridized carbons (Fsp3) is 0.333. The van der Waals surface area contributed by atoms with Crippen molar-refractivity contribution in [2.75, 3.05) is 18.0 Å². The molecule has 0 aliphatic carbocycles. The van der Waals surface area contributed by atoms with E-state index in [2.05, 4.69) is 31.0 Å². The van der Waals surface area contributed by atoms with Crippen molar-refractivity contribution in [3.05, 3.63) is 36.3 Å². The molecule has 21 heavy (non-hydrogen) atoms. The summed E-state index contributed by atoms with van der Waals surface area (Å²) >= 11 is 0. The van der Waals surface area contributed by atoms with Gasteiger partial charge in [0.15, 0.2) is 5.82 Å². The number of hydrogen-bond donors (Lipinski definition) is 0. The van der Waals surface area contributed by atoms with Crippen molar-refractivity contribution in [3.8, 4) is 11.4 Å². The zero-order chi connectivity index (χ0) is 14.2. The fourth-order valence-electron chi connectivity index (χ4n) is 2.76. The number of pyridine rings is 1. The number of fused-ring (bicyclic) bond motifs is 1. The maximum Gasteiger partial charge on any atom is 0.254 e. The van der Waals surface area contributed by atoms with Gasteiger partial charge in [-0.1, -0.05) is 0 Å². The number of aryl methyl sites for hydroxylation is 1. The Morgan fingerprint density at radius 2 is 2.00 bits per heavy atom. The molecule has 1 saturated heterocycles. The first kappa shape index (κ1) is 12.3. The molecular weight excluding hydrogens is 264 g/mol. The van der Waals surface area contributed by atoms with Crippen LogP contribution in [0.4, 0.5) is 5.82 Å². The highest BCUT2D eigenvalue weighted by atomic mass is 15.4. The van der Waals surface area contributed by atoms with E-state index in [9.17, 15) is 0 Å². The topological polar surface area (TPSA) is 59.2 Å². The number of rotatable bonds is 2. The standard InChI is InChI=1S/C15H16N6/c1-11-9-13(20-7-2-3-8-20)21-15(17-11)18-14(19-21)12-5-4-6-16-10-12/h4-6,9-10H,2-3,7-8H2,1H3. The second-order valence-electron chi connectivity index (χ2n) is 5.34. The Labute approximate surface area is 122 Å². The maximum atomic E-state index is 4.63. The first-order valence-corrected chi connectivity index (χ1v) is 7.21. The Balaban J connectivity index is 1.88. The molecule has 3 aromatic heterocycles. The van der Waals surface area contributed by atoms with Crippen LogP contribution in [0.15, 0.2) is 30.6 Å². The molecule has 6 heteroatoms. The van der Waals surface area contributed by atoms with Crippen molar-refractivity contribution in [1.82, 2.24) is 24.6 Å². The molecule has 106 valence electrons. The van der Waals surface area contributed by atoms with E-state index in [0.29, 0.717) is 11.6 Å². The molecule has 3 aromatic rings. The molecule has 0 saturated carbocycles. The molecule has 1 aliphatic rings. The van der Waals surface area contributed by atoms with E-state index < -0.39 is 0 Å². The van der Waals surface area contributed by atoms with Crippen LogP contribution < -0.4 is 4.90 Å². The van der Waals surface area contributed by atoms with Crippen molar-refractivity contribution in [2.45, 2.75) is 19.8 Å². The van der Waals surface area contributed by atoms with E-state index in [4.69, 9.17) is 0 Å². The van der Waals surface area contributed by atoms with Crippen molar-refractivity contribution < 1.29 is 0 Å². The predicted molar refractivity (Wildman–Crippen MR) is 80.2 cm³/mol. The second kappa shape index (κ2) is 4.80. The molecule has 4 heterocycles. The van der Waals surface area contributed by atoms with E-state index in [1.54, 1.807) is 12.4 Å². The molecule has 0 atom stereocenters. The lowest BCUT2D eigenvalue weighted by Crippen LogP contribution is -2.21. The van der Waals surface area contributed by atoms with Crippen LogP contribution in [0.5, 0.6) is 0 Å². The lowest BCUT2D eigenvalue weighted by atomic mass is 10.3. The quantitative estimate of drug-likeness (QED) is 0.719. The highest BCUT2D eigenvalue weighted by Gasteiger charge is 2.18. The average molecular weight is 280 g/mol. The van der Waals surface area contributed by atoms with Gasteiger partial charge in [-0.05, 0) is 31.9 Å². The van der Waals surface area contributed by atoms with Crippen LogP contribution in [-0.4, -0.2) is 37.7 Å². The third-order valence-corrected chi connectivity index (χ3v) is 3.77. The minimum absolute atomic E-state index is 0.649. The van der Waals surface area contributed by atoms with Crippen molar-refractivity contribution in [3.63, 3.8) is 0 Å². The van der Waals surface area contributed by atoms with Gasteiger partial charge in [0.25, 0.3) is 5.78 Å². The van der Waals surface area contributed by atoms with Gasteiger partial charge in [-0.15, -0.1) is 5.10 Å². The molecule has 0 N–H and O–H groups in total. The molecule has 1 fully saturated rings. The summed E-state index contributed by atoms with van der Waals surface area (Å²) in [5, 5.41) is 4.63. The van der Waals surface area contributed by atoms with Gasteiger partial charge in [0.05, 0.1) is 0 Å². The molecule has 6 nitrogen and oxygen atoms in total. The minimum Gasteiger partial charge on any atom is -0.356 e. The largest absolute Gasteiger partial charge is 0.356 e. The molecule has 0 radical (unpaired) electrons. The Morgan fingerprint density at radius 1 is 1.14 bits per heavy atom. The Hall–Kier alpha value is -2.50. The van der Waals surface area contributed by atoms with Crippen LogP contribution in [-0.2, 0) is 0 Å². The number of aromatic nitrogens is 5. The Kier molecular flexibility index (Phi) is 2.80. The molecule has 0 amide bonds. The van der Waals surface area contributed by atoms with E-state index in [1.165, 1.54) is 12.8 Å². The van der Waals surface area contributed by atoms with Crippen molar-refractivity contribution >= 4 is 11.6 Å². The first-order valence-electron chi connectivity index (χ1n) is 7.21. The first-order chi connectivity index (χ1) is 10.3. The molecule has 0 aromatic carbocycles. The summed E-state index contributed by atoms with van der Waals surface area (Å²) < 4.78 is 1.85. The summed E-state index contributed by atoms with van der Waals surface area (Å²) in [4.78, 5) is 15.5. The van der Waals surface area contributed by atoms with Gasteiger partial charge in [-0.25, -0.2) is 4.98 Å². The lowest BCUT2D eigenvalue weighted by molar-refractivity contribution is 0.846. The summed E-state index contributed by atoms with van der Waals surface area (Å²) in [6, 6.07) is 5.94. The smallest absolute Gasteiger partial charge is 0.254 e. The third-order valence-electron chi connectivity index (χ3n) is 3.77. The van der Waals surface area contributed by atoms with E-state index in [1.807, 2.05) is 23.6 Å². The van der Waals surface area contributed by atoms with Gasteiger partial charge in [0.1, 0.15) is 5.82 Å². The third kappa shape index (κ3) is 2.12. The van der Waals surface area contributed by atoms with E-state index in [0.717, 1.165) is 30.2 Å². The summed E-state index contributed by atoms with van der Waals surface area (Å²) in [5.74, 6) is 2.40. The molecule has 0 unspecified atom stereocenters. The molecular formula is C15H16N6. The predicted octanol–water partition coefficient (Wildman–Crippen LogP) is 2.09.